The van der Waals surface area contributed by atoms with Crippen LogP contribution in [0.4, 0.5) is 0 Å². The minimum atomic E-state index is -1.14. The molecular weight excluding hydrogens is 508 g/mol. The van der Waals surface area contributed by atoms with Crippen LogP contribution in [-0.2, 0) is 34.0 Å². The lowest BCUT2D eigenvalue weighted by Crippen LogP contribution is -2.53. The van der Waals surface area contributed by atoms with Gasteiger partial charge in [-0.15, -0.1) is 0 Å². The fourth-order valence-electron chi connectivity index (χ4n) is 5.66. The summed E-state index contributed by atoms with van der Waals surface area (Å²) < 4.78 is 11.7. The van der Waals surface area contributed by atoms with E-state index in [2.05, 4.69) is 5.32 Å². The van der Waals surface area contributed by atoms with Crippen LogP contribution in [0.15, 0.2) is 72.8 Å². The second kappa shape index (κ2) is 12.2. The number of nitrogens with zero attached hydrogens (tertiary/aromatic N) is 1. The average Bonchev–Trinajstić information content (AvgIpc) is 3.54. The summed E-state index contributed by atoms with van der Waals surface area (Å²) in [6.07, 6.45) is 3.62. The number of carbonyl (C=O) groups excluding carboxylic acids is 2. The molecule has 1 heterocycles. The van der Waals surface area contributed by atoms with Crippen molar-refractivity contribution < 1.29 is 29.0 Å². The van der Waals surface area contributed by atoms with Crippen molar-refractivity contribution in [1.29, 1.82) is 0 Å². The largest absolute Gasteiger partial charge is 0.493 e. The first kappa shape index (κ1) is 27.2. The number of carbonyl (C=O) groups is 3. The molecule has 5 rings (SSSR count). The molecule has 8 nitrogen and oxygen atoms in total. The van der Waals surface area contributed by atoms with Crippen LogP contribution in [-0.4, -0.2) is 40.9 Å². The van der Waals surface area contributed by atoms with Crippen molar-refractivity contribution in [3.05, 3.63) is 95.1 Å². The third-order valence-corrected chi connectivity index (χ3v) is 7.84. The molecule has 2 amide bonds. The fraction of sp³-hybridized carbons (Fsp3) is 0.344. The molecule has 3 aromatic carbocycles. The van der Waals surface area contributed by atoms with Gasteiger partial charge >= 0.3 is 5.97 Å². The van der Waals surface area contributed by atoms with E-state index in [0.717, 1.165) is 36.8 Å². The van der Waals surface area contributed by atoms with Gasteiger partial charge in [0.25, 0.3) is 5.91 Å². The first-order valence-corrected chi connectivity index (χ1v) is 13.7. The lowest BCUT2D eigenvalue weighted by atomic mass is 9.91. The predicted molar refractivity (Wildman–Crippen MR) is 149 cm³/mol. The number of fused-ring (bicyclic) bond motifs is 1. The van der Waals surface area contributed by atoms with Crippen molar-refractivity contribution in [3.63, 3.8) is 0 Å². The summed E-state index contributed by atoms with van der Waals surface area (Å²) in [4.78, 5) is 41.1. The highest BCUT2D eigenvalue weighted by Gasteiger charge is 2.40. The van der Waals surface area contributed by atoms with Crippen molar-refractivity contribution in [2.75, 3.05) is 7.11 Å². The second-order valence-corrected chi connectivity index (χ2v) is 10.4. The predicted octanol–water partition coefficient (Wildman–Crippen LogP) is 4.66. The van der Waals surface area contributed by atoms with Crippen LogP contribution in [0.2, 0.25) is 0 Å². The number of carboxylic acids is 1. The highest BCUT2D eigenvalue weighted by atomic mass is 16.5. The molecule has 2 aliphatic rings. The van der Waals surface area contributed by atoms with Crippen LogP contribution >= 0.6 is 0 Å². The fourth-order valence-corrected chi connectivity index (χ4v) is 5.66. The molecule has 2 atom stereocenters. The number of aliphatic carboxylic acids is 1. The quantitative estimate of drug-likeness (QED) is 0.408. The topological polar surface area (TPSA) is 105 Å². The van der Waals surface area contributed by atoms with E-state index in [0.29, 0.717) is 22.6 Å². The Morgan fingerprint density at radius 3 is 2.30 bits per heavy atom. The zero-order valence-corrected chi connectivity index (χ0v) is 22.5. The number of hydrogen-bond acceptors (Lipinski definition) is 5. The molecule has 0 saturated heterocycles. The van der Waals surface area contributed by atoms with Gasteiger partial charge in [-0.05, 0) is 35.6 Å². The summed E-state index contributed by atoms with van der Waals surface area (Å²) >= 11 is 0. The third-order valence-electron chi connectivity index (χ3n) is 7.84. The first-order chi connectivity index (χ1) is 19.5. The van der Waals surface area contributed by atoms with Crippen molar-refractivity contribution in [2.24, 2.45) is 5.92 Å². The molecule has 0 spiro atoms. The number of nitrogens with one attached hydrogen (secondary N) is 1. The molecule has 0 radical (unpaired) electrons. The maximum Gasteiger partial charge on any atom is 0.326 e. The number of ether oxygens (including phenoxy) is 2. The zero-order chi connectivity index (χ0) is 28.1. The average molecular weight is 543 g/mol. The van der Waals surface area contributed by atoms with E-state index < -0.39 is 24.0 Å². The SMILES string of the molecule is COc1ccc2c(c1OCc1ccccc1)C[C@@H](C(=O)O)N(C(=O)C(NC(=O)C1CCCC1)c1ccccc1)C2. The monoisotopic (exact) mass is 542 g/mol. The van der Waals surface area contributed by atoms with E-state index in [1.165, 1.54) is 4.90 Å². The van der Waals surface area contributed by atoms with Crippen molar-refractivity contribution in [2.45, 2.75) is 57.3 Å². The van der Waals surface area contributed by atoms with E-state index in [9.17, 15) is 19.5 Å². The molecule has 1 unspecified atom stereocenters. The summed E-state index contributed by atoms with van der Waals surface area (Å²) in [6, 6.07) is 20.2. The van der Waals surface area contributed by atoms with Gasteiger partial charge in [0.15, 0.2) is 11.5 Å². The van der Waals surface area contributed by atoms with Gasteiger partial charge in [-0.1, -0.05) is 79.6 Å². The number of benzene rings is 3. The van der Waals surface area contributed by atoms with Crippen molar-refractivity contribution in [3.8, 4) is 11.5 Å². The lowest BCUT2D eigenvalue weighted by molar-refractivity contribution is -0.153. The smallest absolute Gasteiger partial charge is 0.326 e. The highest BCUT2D eigenvalue weighted by Crippen LogP contribution is 2.39. The van der Waals surface area contributed by atoms with Crippen LogP contribution in [0, 0.1) is 5.92 Å². The molecule has 1 fully saturated rings. The molecule has 0 aromatic heterocycles. The Balaban J connectivity index is 1.46. The van der Waals surface area contributed by atoms with Gasteiger partial charge in [0.05, 0.1) is 7.11 Å². The van der Waals surface area contributed by atoms with Crippen molar-refractivity contribution in [1.82, 2.24) is 10.2 Å². The van der Waals surface area contributed by atoms with E-state index in [-0.39, 0.29) is 31.4 Å². The van der Waals surface area contributed by atoms with Gasteiger partial charge in [-0.3, -0.25) is 9.59 Å². The van der Waals surface area contributed by atoms with Gasteiger partial charge in [0.1, 0.15) is 18.7 Å². The number of carboxylic acid groups (broad SMARTS) is 1. The molecular formula is C32H34N2O6. The third kappa shape index (κ3) is 5.81. The van der Waals surface area contributed by atoms with E-state index in [1.54, 1.807) is 37.4 Å². The Morgan fingerprint density at radius 1 is 0.975 bits per heavy atom. The van der Waals surface area contributed by atoms with Crippen LogP contribution in [0.1, 0.15) is 54.0 Å². The Hall–Kier alpha value is -4.33. The van der Waals surface area contributed by atoms with Gasteiger partial charge < -0.3 is 24.8 Å². The summed E-state index contributed by atoms with van der Waals surface area (Å²) in [5.74, 6) is -0.873. The van der Waals surface area contributed by atoms with Gasteiger partial charge in [0, 0.05) is 24.4 Å². The van der Waals surface area contributed by atoms with Crippen LogP contribution in [0.25, 0.3) is 0 Å². The summed E-state index contributed by atoms with van der Waals surface area (Å²) in [5, 5.41) is 13.2. The van der Waals surface area contributed by atoms with Crippen molar-refractivity contribution >= 4 is 17.8 Å². The molecule has 1 aliphatic heterocycles. The summed E-state index contributed by atoms with van der Waals surface area (Å²) in [5.41, 5.74) is 3.07. The Bertz CT molecular complexity index is 1350. The normalized spacial score (nSPS) is 17.5. The highest BCUT2D eigenvalue weighted by molar-refractivity contribution is 5.92. The van der Waals surface area contributed by atoms with Gasteiger partial charge in [-0.25, -0.2) is 4.79 Å². The molecule has 40 heavy (non-hydrogen) atoms. The standard InChI is InChI=1S/C32H34N2O6/c1-39-27-17-16-24-19-34(26(32(37)38)18-25(24)29(27)40-20-21-10-4-2-5-11-21)31(36)28(22-12-6-3-7-13-22)33-30(35)23-14-8-9-15-23/h2-7,10-13,16-17,23,26,28H,8-9,14-15,18-20H2,1H3,(H,33,35)(H,37,38)/t26-,28?/m0/s1. The van der Waals surface area contributed by atoms with E-state index in [1.807, 2.05) is 42.5 Å². The summed E-state index contributed by atoms with van der Waals surface area (Å²) in [7, 11) is 1.54. The van der Waals surface area contributed by atoms with Crippen LogP contribution in [0.5, 0.6) is 11.5 Å². The Kier molecular flexibility index (Phi) is 8.34. The zero-order valence-electron chi connectivity index (χ0n) is 22.5. The number of rotatable bonds is 9. The first-order valence-electron chi connectivity index (χ1n) is 13.7. The Labute approximate surface area is 233 Å². The molecule has 1 saturated carbocycles. The maximum atomic E-state index is 14.1. The lowest BCUT2D eigenvalue weighted by Gasteiger charge is -2.37. The number of hydrogen-bond donors (Lipinski definition) is 2. The van der Waals surface area contributed by atoms with E-state index >= 15 is 0 Å². The number of methoxy groups -OCH3 is 1. The molecule has 8 heteroatoms. The Morgan fingerprint density at radius 2 is 1.65 bits per heavy atom. The van der Waals surface area contributed by atoms with Gasteiger partial charge in [-0.2, -0.15) is 0 Å². The molecule has 3 aromatic rings. The van der Waals surface area contributed by atoms with Crippen LogP contribution in [0.3, 0.4) is 0 Å². The molecule has 0 bridgehead atoms. The minimum Gasteiger partial charge on any atom is -0.493 e. The molecule has 2 N–H and O–H groups in total. The molecule has 1 aliphatic carbocycles. The van der Waals surface area contributed by atoms with Crippen LogP contribution < -0.4 is 14.8 Å². The van der Waals surface area contributed by atoms with E-state index in [4.69, 9.17) is 9.47 Å². The van der Waals surface area contributed by atoms with Gasteiger partial charge in [0.2, 0.25) is 5.91 Å². The maximum absolute atomic E-state index is 14.1. The second-order valence-electron chi connectivity index (χ2n) is 10.4. The molecule has 208 valence electrons. The minimum absolute atomic E-state index is 0.0514. The number of amides is 2. The summed E-state index contributed by atoms with van der Waals surface area (Å²) in [6.45, 7) is 0.358.